The molecule has 2 heterocycles. The smallest absolute Gasteiger partial charge is 0.353 e. The highest BCUT2D eigenvalue weighted by Gasteiger charge is 2.72. The standard InChI is InChI=1S/C19H25NO7S/c1-8(21)12-15(23)20-13(16(24)25)14(10-6-11(22)7-10)28-19(12,20)9(2)27-17(26)18(3,4)5/h8-10,12,21H,6-7H2,1-5H3,(H,24,25)/t8-,9?,12+,19+/m1/s1. The van der Waals surface area contributed by atoms with Gasteiger partial charge in [0.15, 0.2) is 0 Å². The van der Waals surface area contributed by atoms with Gasteiger partial charge < -0.3 is 14.9 Å². The largest absolute Gasteiger partial charge is 0.477 e. The number of hydrogen-bond donors (Lipinski definition) is 2. The van der Waals surface area contributed by atoms with Gasteiger partial charge in [0.2, 0.25) is 5.91 Å². The van der Waals surface area contributed by atoms with Gasteiger partial charge in [0, 0.05) is 23.7 Å². The Balaban J connectivity index is 2.01. The van der Waals surface area contributed by atoms with Gasteiger partial charge in [0.25, 0.3) is 0 Å². The first-order chi connectivity index (χ1) is 12.8. The van der Waals surface area contributed by atoms with E-state index in [1.807, 2.05) is 0 Å². The molecular formula is C19H25NO7S. The van der Waals surface area contributed by atoms with Gasteiger partial charge in [0.1, 0.15) is 28.4 Å². The summed E-state index contributed by atoms with van der Waals surface area (Å²) in [7, 11) is 0. The van der Waals surface area contributed by atoms with Gasteiger partial charge >= 0.3 is 11.9 Å². The number of aliphatic hydroxyl groups is 1. The molecular weight excluding hydrogens is 386 g/mol. The van der Waals surface area contributed by atoms with Crippen LogP contribution in [0.1, 0.15) is 47.5 Å². The van der Waals surface area contributed by atoms with E-state index < -0.39 is 46.3 Å². The number of aliphatic carboxylic acids is 1. The molecule has 3 aliphatic rings. The molecule has 1 saturated heterocycles. The van der Waals surface area contributed by atoms with E-state index >= 15 is 0 Å². The number of thioether (sulfide) groups is 1. The van der Waals surface area contributed by atoms with Gasteiger partial charge in [-0.25, -0.2) is 4.79 Å². The minimum Gasteiger partial charge on any atom is -0.477 e. The first kappa shape index (κ1) is 20.9. The fourth-order valence-electron chi connectivity index (χ4n) is 3.93. The Labute approximate surface area is 167 Å². The van der Waals surface area contributed by atoms with Crippen LogP contribution in [-0.4, -0.2) is 55.8 Å². The maximum absolute atomic E-state index is 12.8. The second kappa shape index (κ2) is 6.59. The Morgan fingerprint density at radius 3 is 2.25 bits per heavy atom. The monoisotopic (exact) mass is 411 g/mol. The van der Waals surface area contributed by atoms with E-state index in [-0.39, 0.29) is 30.2 Å². The van der Waals surface area contributed by atoms with Crippen molar-refractivity contribution in [3.8, 4) is 0 Å². The maximum Gasteiger partial charge on any atom is 0.353 e. The number of carboxylic acids is 1. The van der Waals surface area contributed by atoms with Crippen LogP contribution in [0.25, 0.3) is 0 Å². The van der Waals surface area contributed by atoms with Crippen molar-refractivity contribution in [1.29, 1.82) is 0 Å². The number of allylic oxidation sites excluding steroid dienone is 1. The van der Waals surface area contributed by atoms with Crippen LogP contribution in [0.4, 0.5) is 0 Å². The first-order valence-corrected chi connectivity index (χ1v) is 10.1. The normalized spacial score (nSPS) is 29.8. The predicted octanol–water partition coefficient (Wildman–Crippen LogP) is 1.52. The van der Waals surface area contributed by atoms with E-state index in [4.69, 9.17) is 4.74 Å². The van der Waals surface area contributed by atoms with Crippen LogP contribution in [0, 0.1) is 17.3 Å². The van der Waals surface area contributed by atoms with Crippen LogP contribution in [0.2, 0.25) is 0 Å². The number of carbonyl (C=O) groups is 4. The molecule has 1 unspecified atom stereocenters. The Hall–Kier alpha value is -1.87. The SMILES string of the molecule is CC(OC(=O)C(C)(C)C)[C@@]12SC(C3CC(=O)C3)=C(C(=O)O)N1C(=O)[C@@H]2[C@@H](C)O. The van der Waals surface area contributed by atoms with Crippen LogP contribution in [0.5, 0.6) is 0 Å². The van der Waals surface area contributed by atoms with Crippen LogP contribution in [-0.2, 0) is 23.9 Å². The molecule has 2 fully saturated rings. The summed E-state index contributed by atoms with van der Waals surface area (Å²) in [5, 5.41) is 20.0. The van der Waals surface area contributed by atoms with Crippen molar-refractivity contribution in [2.24, 2.45) is 17.3 Å². The van der Waals surface area contributed by atoms with E-state index in [0.717, 1.165) is 16.7 Å². The average Bonchev–Trinajstić information content (AvgIpc) is 2.81. The van der Waals surface area contributed by atoms with E-state index in [1.54, 1.807) is 27.7 Å². The van der Waals surface area contributed by atoms with Gasteiger partial charge in [0.05, 0.1) is 11.5 Å². The third kappa shape index (κ3) is 2.86. The number of nitrogens with zero attached hydrogens (tertiary/aromatic N) is 1. The number of fused-ring (bicyclic) bond motifs is 1. The summed E-state index contributed by atoms with van der Waals surface area (Å²) in [4.78, 5) is 49.0. The molecule has 8 nitrogen and oxygen atoms in total. The highest BCUT2D eigenvalue weighted by molar-refractivity contribution is 8.04. The van der Waals surface area contributed by atoms with Gasteiger partial charge in [-0.2, -0.15) is 0 Å². The number of esters is 1. The molecule has 0 aromatic heterocycles. The Bertz CT molecular complexity index is 789. The number of ketones is 1. The number of aliphatic hydroxyl groups excluding tert-OH is 1. The van der Waals surface area contributed by atoms with Gasteiger partial charge in [-0.3, -0.25) is 19.3 Å². The quantitative estimate of drug-likeness (QED) is 0.516. The summed E-state index contributed by atoms with van der Waals surface area (Å²) in [5.41, 5.74) is -0.942. The zero-order chi connectivity index (χ0) is 21.2. The molecule has 1 amide bonds. The second-order valence-corrected chi connectivity index (χ2v) is 10.0. The number of rotatable bonds is 5. The van der Waals surface area contributed by atoms with Gasteiger partial charge in [-0.15, -0.1) is 0 Å². The molecule has 154 valence electrons. The number of hydrogen-bond acceptors (Lipinski definition) is 7. The average molecular weight is 411 g/mol. The van der Waals surface area contributed by atoms with Crippen LogP contribution >= 0.6 is 11.8 Å². The fraction of sp³-hybridized carbons (Fsp3) is 0.684. The van der Waals surface area contributed by atoms with Crippen molar-refractivity contribution in [2.45, 2.75) is 64.5 Å². The lowest BCUT2D eigenvalue weighted by molar-refractivity contribution is -0.187. The topological polar surface area (TPSA) is 121 Å². The van der Waals surface area contributed by atoms with Crippen LogP contribution in [0.15, 0.2) is 10.6 Å². The lowest BCUT2D eigenvalue weighted by Crippen LogP contribution is -2.74. The molecule has 9 heteroatoms. The number of amides is 1. The molecule has 1 aliphatic carbocycles. The zero-order valence-electron chi connectivity index (χ0n) is 16.5. The number of Topliss-reactive ketones (excluding diaryl/α,β-unsaturated/α-hetero) is 1. The molecule has 0 aromatic carbocycles. The summed E-state index contributed by atoms with van der Waals surface area (Å²) in [6.45, 7) is 8.17. The molecule has 2 N–H and O–H groups in total. The molecule has 28 heavy (non-hydrogen) atoms. The van der Waals surface area contributed by atoms with Crippen LogP contribution < -0.4 is 0 Å². The maximum atomic E-state index is 12.8. The van der Waals surface area contributed by atoms with Crippen molar-refractivity contribution in [2.75, 3.05) is 0 Å². The molecule has 0 bridgehead atoms. The molecule has 2 aliphatic heterocycles. The second-order valence-electron chi connectivity index (χ2n) is 8.71. The summed E-state index contributed by atoms with van der Waals surface area (Å²) >= 11 is 1.15. The van der Waals surface area contributed by atoms with Crippen molar-refractivity contribution in [3.63, 3.8) is 0 Å². The third-order valence-corrected chi connectivity index (χ3v) is 7.34. The molecule has 0 aromatic rings. The van der Waals surface area contributed by atoms with Crippen molar-refractivity contribution < 1.29 is 34.1 Å². The molecule has 0 radical (unpaired) electrons. The van der Waals surface area contributed by atoms with Crippen molar-refractivity contribution >= 4 is 35.4 Å². The Morgan fingerprint density at radius 2 is 1.82 bits per heavy atom. The molecule has 3 rings (SSSR count). The number of carbonyl (C=O) groups excluding carboxylic acids is 3. The van der Waals surface area contributed by atoms with Gasteiger partial charge in [-0.05, 0) is 34.6 Å². The number of ether oxygens (including phenoxy) is 1. The Morgan fingerprint density at radius 1 is 1.25 bits per heavy atom. The van der Waals surface area contributed by atoms with E-state index in [2.05, 4.69) is 0 Å². The van der Waals surface area contributed by atoms with Gasteiger partial charge in [-0.1, -0.05) is 11.8 Å². The summed E-state index contributed by atoms with van der Waals surface area (Å²) in [6.07, 6.45) is -1.45. The molecule has 4 atom stereocenters. The van der Waals surface area contributed by atoms with E-state index in [9.17, 15) is 29.4 Å². The van der Waals surface area contributed by atoms with Crippen molar-refractivity contribution in [3.05, 3.63) is 10.6 Å². The number of β-lactam (4-membered cyclic amide) rings is 1. The lowest BCUT2D eigenvalue weighted by atomic mass is 9.78. The van der Waals surface area contributed by atoms with E-state index in [1.165, 1.54) is 6.92 Å². The van der Waals surface area contributed by atoms with Crippen LogP contribution in [0.3, 0.4) is 0 Å². The zero-order valence-corrected chi connectivity index (χ0v) is 17.3. The minimum atomic E-state index is -1.27. The minimum absolute atomic E-state index is 0.0387. The molecule has 1 saturated carbocycles. The fourth-order valence-corrected chi connectivity index (χ4v) is 5.81. The predicted molar refractivity (Wildman–Crippen MR) is 99.7 cm³/mol. The third-order valence-electron chi connectivity index (χ3n) is 5.49. The highest BCUT2D eigenvalue weighted by atomic mass is 32.2. The summed E-state index contributed by atoms with van der Waals surface area (Å²) in [5.74, 6) is -3.41. The number of carboxylic acid groups (broad SMARTS) is 1. The summed E-state index contributed by atoms with van der Waals surface area (Å²) < 4.78 is 5.63. The molecule has 0 spiro atoms. The lowest BCUT2D eigenvalue weighted by Gasteiger charge is -2.56. The Kier molecular flexibility index (Phi) is 4.91. The first-order valence-electron chi connectivity index (χ1n) is 9.23. The highest BCUT2D eigenvalue weighted by Crippen LogP contribution is 2.63. The summed E-state index contributed by atoms with van der Waals surface area (Å²) in [6, 6.07) is 0. The van der Waals surface area contributed by atoms with E-state index in [0.29, 0.717) is 4.91 Å². The van der Waals surface area contributed by atoms with Crippen molar-refractivity contribution in [1.82, 2.24) is 4.90 Å².